The smallest absolute Gasteiger partial charge is 0.162 e. The van der Waals surface area contributed by atoms with Gasteiger partial charge < -0.3 is 0 Å². The molecule has 0 aliphatic rings. The Morgan fingerprint density at radius 1 is 1.00 bits per heavy atom. The quantitative estimate of drug-likeness (QED) is 0.543. The van der Waals surface area contributed by atoms with E-state index in [0.717, 1.165) is 30.5 Å². The molecule has 1 aromatic carbocycles. The van der Waals surface area contributed by atoms with E-state index in [1.807, 2.05) is 54.6 Å². The maximum Gasteiger partial charge on any atom is 0.162 e. The lowest BCUT2D eigenvalue weighted by Crippen LogP contribution is -1.97. The third-order valence-electron chi connectivity index (χ3n) is 3.10. The van der Waals surface area contributed by atoms with Crippen LogP contribution in [0.1, 0.15) is 41.7 Å². The van der Waals surface area contributed by atoms with E-state index in [-0.39, 0.29) is 5.78 Å². The molecule has 0 amide bonds. The van der Waals surface area contributed by atoms with Gasteiger partial charge in [0.1, 0.15) is 0 Å². The lowest BCUT2D eigenvalue weighted by atomic mass is 10.0. The first-order valence-electron chi connectivity index (χ1n) is 7.02. The molecule has 2 rings (SSSR count). The third kappa shape index (κ3) is 4.81. The van der Waals surface area contributed by atoms with Gasteiger partial charge in [-0.1, -0.05) is 42.5 Å². The van der Waals surface area contributed by atoms with E-state index in [9.17, 15) is 4.79 Å². The number of nitrogens with zero attached hydrogens (tertiary/aromatic N) is 1. The summed E-state index contributed by atoms with van der Waals surface area (Å²) in [5.74, 6) is 0.235. The van der Waals surface area contributed by atoms with Crippen molar-refractivity contribution in [3.05, 3.63) is 72.1 Å². The predicted molar refractivity (Wildman–Crippen MR) is 82.5 cm³/mol. The second-order valence-electron chi connectivity index (χ2n) is 4.69. The average Bonchev–Trinajstić information content (AvgIpc) is 2.52. The molecule has 2 nitrogen and oxygen atoms in total. The summed E-state index contributed by atoms with van der Waals surface area (Å²) in [6, 6.07) is 15.4. The topological polar surface area (TPSA) is 30.0 Å². The highest BCUT2D eigenvalue weighted by Gasteiger charge is 2.03. The van der Waals surface area contributed by atoms with Crippen molar-refractivity contribution in [3.8, 4) is 0 Å². The van der Waals surface area contributed by atoms with Gasteiger partial charge in [-0.15, -0.1) is 0 Å². The Balaban J connectivity index is 1.65. The van der Waals surface area contributed by atoms with Crippen molar-refractivity contribution in [1.82, 2.24) is 4.98 Å². The molecule has 0 bridgehead atoms. The van der Waals surface area contributed by atoms with Gasteiger partial charge in [0.25, 0.3) is 0 Å². The summed E-state index contributed by atoms with van der Waals surface area (Å²) in [4.78, 5) is 16.1. The van der Waals surface area contributed by atoms with Crippen molar-refractivity contribution in [3.63, 3.8) is 0 Å². The number of aromatic nitrogens is 1. The summed E-state index contributed by atoms with van der Waals surface area (Å²) in [5, 5.41) is 0. The van der Waals surface area contributed by atoms with Crippen molar-refractivity contribution in [2.24, 2.45) is 0 Å². The summed E-state index contributed by atoms with van der Waals surface area (Å²) in [7, 11) is 0. The molecule has 0 aliphatic heterocycles. The SMILES string of the molecule is O=C(CCCC/C=C\c1ccccn1)c1ccccc1. The van der Waals surface area contributed by atoms with Crippen LogP contribution in [-0.4, -0.2) is 10.8 Å². The molecule has 0 radical (unpaired) electrons. The van der Waals surface area contributed by atoms with Crippen LogP contribution in [-0.2, 0) is 0 Å². The van der Waals surface area contributed by atoms with E-state index >= 15 is 0 Å². The monoisotopic (exact) mass is 265 g/mol. The molecule has 2 aromatic rings. The van der Waals surface area contributed by atoms with Crippen LogP contribution in [0.2, 0.25) is 0 Å². The van der Waals surface area contributed by atoms with Crippen LogP contribution in [0.3, 0.4) is 0 Å². The fourth-order valence-corrected chi connectivity index (χ4v) is 1.99. The minimum atomic E-state index is 0.235. The lowest BCUT2D eigenvalue weighted by molar-refractivity contribution is 0.0979. The molecule has 0 atom stereocenters. The van der Waals surface area contributed by atoms with Crippen LogP contribution in [0.5, 0.6) is 0 Å². The third-order valence-corrected chi connectivity index (χ3v) is 3.10. The molecular weight excluding hydrogens is 246 g/mol. The Labute approximate surface area is 120 Å². The van der Waals surface area contributed by atoms with Crippen LogP contribution in [0.15, 0.2) is 60.8 Å². The van der Waals surface area contributed by atoms with E-state index in [1.165, 1.54) is 0 Å². The number of unbranched alkanes of at least 4 members (excludes halogenated alkanes) is 2. The molecule has 2 heteroatoms. The summed E-state index contributed by atoms with van der Waals surface area (Å²) in [5.41, 5.74) is 1.80. The van der Waals surface area contributed by atoms with Crippen LogP contribution in [0.4, 0.5) is 0 Å². The van der Waals surface area contributed by atoms with E-state index in [0.29, 0.717) is 6.42 Å². The fourth-order valence-electron chi connectivity index (χ4n) is 1.99. The van der Waals surface area contributed by atoms with Crippen LogP contribution in [0, 0.1) is 0 Å². The summed E-state index contributed by atoms with van der Waals surface area (Å²) in [6.45, 7) is 0. The average molecular weight is 265 g/mol. The predicted octanol–water partition coefficient (Wildman–Crippen LogP) is 4.54. The molecule has 1 heterocycles. The Bertz CT molecular complexity index is 546. The molecule has 0 saturated carbocycles. The Morgan fingerprint density at radius 3 is 2.55 bits per heavy atom. The number of rotatable bonds is 7. The molecule has 0 unspecified atom stereocenters. The van der Waals surface area contributed by atoms with Gasteiger partial charge in [0.05, 0.1) is 5.69 Å². The first-order chi connectivity index (χ1) is 9.86. The number of ketones is 1. The first-order valence-corrected chi connectivity index (χ1v) is 7.02. The molecule has 1 aromatic heterocycles. The van der Waals surface area contributed by atoms with Crippen LogP contribution >= 0.6 is 0 Å². The highest BCUT2D eigenvalue weighted by atomic mass is 16.1. The van der Waals surface area contributed by atoms with Gasteiger partial charge in [-0.05, 0) is 37.5 Å². The van der Waals surface area contributed by atoms with Gasteiger partial charge in [-0.2, -0.15) is 0 Å². The summed E-state index contributed by atoms with van der Waals surface area (Å²) in [6.07, 6.45) is 9.51. The number of benzene rings is 1. The second-order valence-corrected chi connectivity index (χ2v) is 4.69. The van der Waals surface area contributed by atoms with Crippen LogP contribution in [0.25, 0.3) is 6.08 Å². The van der Waals surface area contributed by atoms with Gasteiger partial charge in [0, 0.05) is 18.2 Å². The normalized spacial score (nSPS) is 10.8. The van der Waals surface area contributed by atoms with Gasteiger partial charge in [-0.25, -0.2) is 0 Å². The zero-order valence-electron chi connectivity index (χ0n) is 11.5. The molecule has 0 aliphatic carbocycles. The molecule has 0 saturated heterocycles. The highest BCUT2D eigenvalue weighted by Crippen LogP contribution is 2.09. The van der Waals surface area contributed by atoms with E-state index in [1.54, 1.807) is 6.20 Å². The first kappa shape index (κ1) is 14.2. The van der Waals surface area contributed by atoms with Gasteiger partial charge in [0.15, 0.2) is 5.78 Å². The number of carbonyl (C=O) groups excluding carboxylic acids is 1. The summed E-state index contributed by atoms with van der Waals surface area (Å²) >= 11 is 0. The number of pyridine rings is 1. The minimum absolute atomic E-state index is 0.235. The zero-order chi connectivity index (χ0) is 14.0. The largest absolute Gasteiger partial charge is 0.294 e. The standard InChI is InChI=1S/C18H19NO/c20-18(16-10-4-3-5-11-16)14-7-2-1-6-12-17-13-8-9-15-19-17/h3-6,8-13,15H,1-2,7,14H2/b12-6-. The van der Waals surface area contributed by atoms with Gasteiger partial charge in [-0.3, -0.25) is 9.78 Å². The van der Waals surface area contributed by atoms with Crippen LogP contribution < -0.4 is 0 Å². The molecule has 20 heavy (non-hydrogen) atoms. The van der Waals surface area contributed by atoms with Crippen molar-refractivity contribution in [2.45, 2.75) is 25.7 Å². The maximum atomic E-state index is 11.9. The number of hydrogen-bond acceptors (Lipinski definition) is 2. The van der Waals surface area contributed by atoms with Crippen molar-refractivity contribution in [1.29, 1.82) is 0 Å². The maximum absolute atomic E-state index is 11.9. The minimum Gasteiger partial charge on any atom is -0.294 e. The fraction of sp³-hybridized carbons (Fsp3) is 0.222. The van der Waals surface area contributed by atoms with Crippen molar-refractivity contribution < 1.29 is 4.79 Å². The van der Waals surface area contributed by atoms with Crippen molar-refractivity contribution in [2.75, 3.05) is 0 Å². The lowest BCUT2D eigenvalue weighted by Gasteiger charge is -1.99. The van der Waals surface area contributed by atoms with E-state index < -0.39 is 0 Å². The number of carbonyl (C=O) groups is 1. The van der Waals surface area contributed by atoms with Gasteiger partial charge >= 0.3 is 0 Å². The Morgan fingerprint density at radius 2 is 1.80 bits per heavy atom. The van der Waals surface area contributed by atoms with E-state index in [2.05, 4.69) is 11.1 Å². The highest BCUT2D eigenvalue weighted by molar-refractivity contribution is 5.95. The molecule has 0 spiro atoms. The molecule has 0 fully saturated rings. The number of allylic oxidation sites excluding steroid dienone is 1. The number of Topliss-reactive ketones (excluding diaryl/α,β-unsaturated/α-hetero) is 1. The zero-order valence-corrected chi connectivity index (χ0v) is 11.5. The molecule has 0 N–H and O–H groups in total. The van der Waals surface area contributed by atoms with Crippen molar-refractivity contribution >= 4 is 11.9 Å². The summed E-state index contributed by atoms with van der Waals surface area (Å²) < 4.78 is 0. The molecular formula is C18H19NO. The van der Waals surface area contributed by atoms with Gasteiger partial charge in [0.2, 0.25) is 0 Å². The Hall–Kier alpha value is -2.22. The molecule has 102 valence electrons. The second kappa shape index (κ2) is 8.05. The van der Waals surface area contributed by atoms with E-state index in [4.69, 9.17) is 0 Å². The Kier molecular flexibility index (Phi) is 5.71. The number of hydrogen-bond donors (Lipinski definition) is 0.